The summed E-state index contributed by atoms with van der Waals surface area (Å²) in [6, 6.07) is 15.6. The number of carbonyl (C=O) groups is 1. The fraction of sp³-hybridized carbons (Fsp3) is 0.240. The summed E-state index contributed by atoms with van der Waals surface area (Å²) in [5.74, 6) is 0.584. The van der Waals surface area contributed by atoms with Gasteiger partial charge >= 0.3 is 0 Å². The second-order valence-corrected chi connectivity index (χ2v) is 10.8. The van der Waals surface area contributed by atoms with Gasteiger partial charge in [0.15, 0.2) is 5.13 Å². The Balaban J connectivity index is 1.66. The lowest BCUT2D eigenvalue weighted by Crippen LogP contribution is -2.31. The molecule has 0 radical (unpaired) electrons. The van der Waals surface area contributed by atoms with Crippen LogP contribution >= 0.6 is 34.7 Å². The lowest BCUT2D eigenvalue weighted by molar-refractivity contribution is -0.118. The van der Waals surface area contributed by atoms with Crippen LogP contribution in [0.4, 0.5) is 5.13 Å². The smallest absolute Gasteiger partial charge is 0.233 e. The fourth-order valence-corrected chi connectivity index (χ4v) is 5.50. The Morgan fingerprint density at radius 2 is 1.94 bits per heavy atom. The number of ether oxygens (including phenoxy) is 1. The van der Waals surface area contributed by atoms with Gasteiger partial charge in [-0.3, -0.25) is 14.7 Å². The van der Waals surface area contributed by atoms with Crippen molar-refractivity contribution < 1.29 is 9.53 Å². The van der Waals surface area contributed by atoms with E-state index in [1.807, 2.05) is 24.3 Å². The van der Waals surface area contributed by atoms with E-state index in [4.69, 9.17) is 21.3 Å². The molecule has 0 aliphatic carbocycles. The summed E-state index contributed by atoms with van der Waals surface area (Å²) in [4.78, 5) is 25.3. The Labute approximate surface area is 206 Å². The Kier molecular flexibility index (Phi) is 7.53. The van der Waals surface area contributed by atoms with Crippen molar-refractivity contribution in [3.05, 3.63) is 77.1 Å². The molecule has 170 valence electrons. The molecule has 0 saturated heterocycles. The Hall–Kier alpha value is -2.61. The van der Waals surface area contributed by atoms with Crippen LogP contribution in [0.1, 0.15) is 25.0 Å². The minimum Gasteiger partial charge on any atom is -0.494 e. The highest BCUT2D eigenvalue weighted by Gasteiger charge is 2.23. The molecule has 0 unspecified atom stereocenters. The lowest BCUT2D eigenvalue weighted by Gasteiger charge is -2.20. The second-order valence-electron chi connectivity index (χ2n) is 7.75. The lowest BCUT2D eigenvalue weighted by atomic mass is 10.1. The van der Waals surface area contributed by atoms with Gasteiger partial charge in [-0.1, -0.05) is 55.0 Å². The molecule has 4 rings (SSSR count). The number of carbonyl (C=O) groups excluding carboxylic acids is 1. The number of pyridine rings is 1. The van der Waals surface area contributed by atoms with E-state index in [1.165, 1.54) is 16.2 Å². The zero-order valence-corrected chi connectivity index (χ0v) is 21.0. The quantitative estimate of drug-likeness (QED) is 0.256. The number of benzene rings is 2. The first-order valence-electron chi connectivity index (χ1n) is 10.5. The minimum absolute atomic E-state index is 0.0442. The number of halogens is 1. The van der Waals surface area contributed by atoms with E-state index in [0.717, 1.165) is 15.8 Å². The molecule has 0 aliphatic heterocycles. The van der Waals surface area contributed by atoms with E-state index >= 15 is 0 Å². The molecule has 0 N–H and O–H groups in total. The summed E-state index contributed by atoms with van der Waals surface area (Å²) in [5, 5.41) is 1.68. The summed E-state index contributed by atoms with van der Waals surface area (Å²) in [7, 11) is 1.60. The van der Waals surface area contributed by atoms with E-state index < -0.39 is 0 Å². The number of anilines is 1. The van der Waals surface area contributed by atoms with Gasteiger partial charge in [-0.15, -0.1) is 11.8 Å². The van der Waals surface area contributed by atoms with E-state index in [1.54, 1.807) is 48.3 Å². The number of rotatable bonds is 8. The highest BCUT2D eigenvalue weighted by atomic mass is 35.5. The number of thiazole rings is 1. The van der Waals surface area contributed by atoms with E-state index in [0.29, 0.717) is 33.2 Å². The van der Waals surface area contributed by atoms with Gasteiger partial charge in [-0.25, -0.2) is 4.98 Å². The molecule has 0 atom stereocenters. The molecule has 2 aromatic carbocycles. The standard InChI is InChI=1S/C25H24ClN3O2S2/c1-16(2)32-19-8-6-17(7-9-19)13-22(30)29(15-18-5-4-12-27-14-18)25-28-23-21(31-3)11-10-20(26)24(23)33-25/h4-12,14,16H,13,15H2,1-3H3. The third-order valence-corrected chi connectivity index (χ3v) is 7.47. The van der Waals surface area contributed by atoms with Crippen LogP contribution in [0, 0.1) is 0 Å². The number of amides is 1. The van der Waals surface area contributed by atoms with Gasteiger partial charge in [0, 0.05) is 22.5 Å². The zero-order valence-electron chi connectivity index (χ0n) is 18.6. The summed E-state index contributed by atoms with van der Waals surface area (Å²) < 4.78 is 6.25. The molecule has 2 heterocycles. The van der Waals surface area contributed by atoms with Gasteiger partial charge in [0.25, 0.3) is 0 Å². The average Bonchev–Trinajstić information content (AvgIpc) is 3.25. The predicted molar refractivity (Wildman–Crippen MR) is 138 cm³/mol. The molecule has 4 aromatic rings. The summed E-state index contributed by atoms with van der Waals surface area (Å²) in [5.41, 5.74) is 2.54. The Morgan fingerprint density at radius 1 is 1.15 bits per heavy atom. The molecule has 0 bridgehead atoms. The van der Waals surface area contributed by atoms with Crippen LogP contribution in [0.25, 0.3) is 10.2 Å². The monoisotopic (exact) mass is 497 g/mol. The van der Waals surface area contributed by atoms with Crippen LogP contribution in [0.5, 0.6) is 5.75 Å². The maximum atomic E-state index is 13.5. The van der Waals surface area contributed by atoms with Crippen LogP contribution < -0.4 is 9.64 Å². The highest BCUT2D eigenvalue weighted by Crippen LogP contribution is 2.39. The largest absolute Gasteiger partial charge is 0.494 e. The zero-order chi connectivity index (χ0) is 23.4. The van der Waals surface area contributed by atoms with Crippen LogP contribution in [-0.4, -0.2) is 28.2 Å². The Bertz CT molecular complexity index is 1240. The number of nitrogens with zero attached hydrogens (tertiary/aromatic N) is 3. The van der Waals surface area contributed by atoms with Crippen molar-refractivity contribution in [2.75, 3.05) is 12.0 Å². The van der Waals surface area contributed by atoms with Gasteiger partial charge in [0.2, 0.25) is 5.91 Å². The van der Waals surface area contributed by atoms with Crippen LogP contribution in [-0.2, 0) is 17.8 Å². The first-order valence-corrected chi connectivity index (χ1v) is 12.6. The number of aromatic nitrogens is 2. The normalized spacial score (nSPS) is 11.2. The summed E-state index contributed by atoms with van der Waals surface area (Å²) in [6.07, 6.45) is 3.75. The van der Waals surface area contributed by atoms with Crippen molar-refractivity contribution in [2.45, 2.75) is 37.0 Å². The molecule has 8 heteroatoms. The van der Waals surface area contributed by atoms with Crippen LogP contribution in [0.3, 0.4) is 0 Å². The number of methoxy groups -OCH3 is 1. The highest BCUT2D eigenvalue weighted by molar-refractivity contribution is 7.99. The summed E-state index contributed by atoms with van der Waals surface area (Å²) >= 11 is 9.61. The Morgan fingerprint density at radius 3 is 2.61 bits per heavy atom. The first kappa shape index (κ1) is 23.5. The van der Waals surface area contributed by atoms with Crippen molar-refractivity contribution in [1.29, 1.82) is 0 Å². The predicted octanol–water partition coefficient (Wildman–Crippen LogP) is 6.63. The average molecular weight is 498 g/mol. The van der Waals surface area contributed by atoms with Crippen LogP contribution in [0.15, 0.2) is 65.8 Å². The molecule has 0 aliphatic rings. The van der Waals surface area contributed by atoms with Gasteiger partial charge in [0.1, 0.15) is 11.3 Å². The minimum atomic E-state index is -0.0442. The number of hydrogen-bond donors (Lipinski definition) is 0. The van der Waals surface area contributed by atoms with Crippen molar-refractivity contribution >= 4 is 56.0 Å². The molecule has 2 aromatic heterocycles. The number of thioether (sulfide) groups is 1. The second kappa shape index (κ2) is 10.5. The van der Waals surface area contributed by atoms with E-state index in [2.05, 4.69) is 31.0 Å². The number of fused-ring (bicyclic) bond motifs is 1. The van der Waals surface area contributed by atoms with Crippen molar-refractivity contribution in [1.82, 2.24) is 9.97 Å². The topological polar surface area (TPSA) is 55.3 Å². The molecule has 5 nitrogen and oxygen atoms in total. The third kappa shape index (κ3) is 5.66. The van der Waals surface area contributed by atoms with Gasteiger partial charge in [-0.05, 0) is 41.5 Å². The van der Waals surface area contributed by atoms with Crippen molar-refractivity contribution in [3.63, 3.8) is 0 Å². The maximum absolute atomic E-state index is 13.5. The van der Waals surface area contributed by atoms with E-state index in [-0.39, 0.29) is 12.3 Å². The van der Waals surface area contributed by atoms with Crippen molar-refractivity contribution in [3.8, 4) is 5.75 Å². The molecule has 0 saturated carbocycles. The first-order chi connectivity index (χ1) is 15.9. The van der Waals surface area contributed by atoms with Gasteiger partial charge in [0.05, 0.1) is 29.8 Å². The molecule has 1 amide bonds. The number of hydrogen-bond acceptors (Lipinski definition) is 6. The molecular weight excluding hydrogens is 474 g/mol. The van der Waals surface area contributed by atoms with Gasteiger partial charge in [-0.2, -0.15) is 0 Å². The molecule has 0 spiro atoms. The fourth-order valence-electron chi connectivity index (χ4n) is 3.39. The molecular formula is C25H24ClN3O2S2. The SMILES string of the molecule is COc1ccc(Cl)c2sc(N(Cc3cccnc3)C(=O)Cc3ccc(SC(C)C)cc3)nc12. The maximum Gasteiger partial charge on any atom is 0.233 e. The third-order valence-electron chi connectivity index (χ3n) is 4.91. The van der Waals surface area contributed by atoms with E-state index in [9.17, 15) is 4.79 Å². The van der Waals surface area contributed by atoms with Crippen LogP contribution in [0.2, 0.25) is 5.02 Å². The molecule has 0 fully saturated rings. The molecule has 33 heavy (non-hydrogen) atoms. The van der Waals surface area contributed by atoms with Crippen molar-refractivity contribution in [2.24, 2.45) is 0 Å². The van der Waals surface area contributed by atoms with Gasteiger partial charge < -0.3 is 4.74 Å². The summed E-state index contributed by atoms with van der Waals surface area (Å²) in [6.45, 7) is 4.70.